The van der Waals surface area contributed by atoms with Gasteiger partial charge in [-0.05, 0) is 6.42 Å². The molecule has 1 aromatic heterocycles. The summed E-state index contributed by atoms with van der Waals surface area (Å²) in [4.78, 5) is 38.3. The Bertz CT molecular complexity index is 528. The second-order valence-corrected chi connectivity index (χ2v) is 4.94. The molecule has 21 heavy (non-hydrogen) atoms. The van der Waals surface area contributed by atoms with Crippen molar-refractivity contribution in [3.63, 3.8) is 0 Å². The Morgan fingerprint density at radius 2 is 2.29 bits per heavy atom. The Labute approximate surface area is 122 Å². The van der Waals surface area contributed by atoms with Crippen LogP contribution in [0.5, 0.6) is 0 Å². The van der Waals surface area contributed by atoms with Crippen LogP contribution in [0.4, 0.5) is 4.79 Å². The molecule has 1 unspecified atom stereocenters. The fourth-order valence-corrected chi connectivity index (χ4v) is 2.13. The molecule has 2 rings (SSSR count). The summed E-state index contributed by atoms with van der Waals surface area (Å²) in [5.74, 6) is -0.583. The van der Waals surface area contributed by atoms with Crippen LogP contribution < -0.4 is 5.32 Å². The summed E-state index contributed by atoms with van der Waals surface area (Å²) < 4.78 is 4.69. The van der Waals surface area contributed by atoms with E-state index < -0.39 is 12.1 Å². The van der Waals surface area contributed by atoms with E-state index in [1.54, 1.807) is 13.1 Å². The molecule has 8 nitrogen and oxygen atoms in total. The molecule has 0 aromatic carbocycles. The zero-order chi connectivity index (χ0) is 15.4. The molecule has 1 atom stereocenters. The molecule has 1 fully saturated rings. The van der Waals surface area contributed by atoms with Crippen molar-refractivity contribution in [1.82, 2.24) is 20.3 Å². The molecular weight excluding hydrogens is 276 g/mol. The van der Waals surface area contributed by atoms with Crippen LogP contribution in [0.2, 0.25) is 0 Å². The molecule has 0 bridgehead atoms. The number of nitrogens with zero attached hydrogens (tertiary/aromatic N) is 3. The van der Waals surface area contributed by atoms with Gasteiger partial charge in [-0.3, -0.25) is 14.5 Å². The summed E-state index contributed by atoms with van der Waals surface area (Å²) in [6, 6.07) is 0.449. The molecule has 0 radical (unpaired) electrons. The lowest BCUT2D eigenvalue weighted by Gasteiger charge is -2.17. The highest BCUT2D eigenvalue weighted by Gasteiger charge is 2.38. The van der Waals surface area contributed by atoms with Gasteiger partial charge < -0.3 is 14.7 Å². The molecule has 1 aliphatic rings. The Morgan fingerprint density at radius 3 is 2.90 bits per heavy atom. The first kappa shape index (κ1) is 15.0. The number of urea groups is 1. The minimum absolute atomic E-state index is 0.0564. The third-order valence-electron chi connectivity index (χ3n) is 3.25. The highest BCUT2D eigenvalue weighted by molar-refractivity contribution is 6.05. The number of nitrogens with one attached hydrogen (secondary N) is 1. The summed E-state index contributed by atoms with van der Waals surface area (Å²) in [5, 5.41) is 6.26. The monoisotopic (exact) mass is 294 g/mol. The highest BCUT2D eigenvalue weighted by Crippen LogP contribution is 2.12. The van der Waals surface area contributed by atoms with Gasteiger partial charge in [0.05, 0.1) is 13.0 Å². The molecule has 0 spiro atoms. The van der Waals surface area contributed by atoms with Crippen molar-refractivity contribution < 1.29 is 18.9 Å². The summed E-state index contributed by atoms with van der Waals surface area (Å²) in [7, 11) is 1.61. The summed E-state index contributed by atoms with van der Waals surface area (Å²) in [6.45, 7) is 2.54. The Kier molecular flexibility index (Phi) is 4.56. The number of amides is 4. The maximum absolute atomic E-state index is 12.1. The van der Waals surface area contributed by atoms with Gasteiger partial charge in [-0.2, -0.15) is 0 Å². The first-order valence-corrected chi connectivity index (χ1v) is 6.78. The van der Waals surface area contributed by atoms with Crippen LogP contribution >= 0.6 is 0 Å². The fourth-order valence-electron chi connectivity index (χ4n) is 2.13. The van der Waals surface area contributed by atoms with E-state index >= 15 is 0 Å². The number of rotatable bonds is 6. The van der Waals surface area contributed by atoms with Crippen LogP contribution in [0.25, 0.3) is 0 Å². The molecule has 0 saturated carbocycles. The zero-order valence-electron chi connectivity index (χ0n) is 12.0. The topological polar surface area (TPSA) is 95.8 Å². The Balaban J connectivity index is 1.90. The van der Waals surface area contributed by atoms with Crippen LogP contribution in [-0.2, 0) is 16.1 Å². The van der Waals surface area contributed by atoms with Gasteiger partial charge in [-0.15, -0.1) is 0 Å². The van der Waals surface area contributed by atoms with Crippen LogP contribution in [0.3, 0.4) is 0 Å². The van der Waals surface area contributed by atoms with Crippen molar-refractivity contribution >= 4 is 17.8 Å². The van der Waals surface area contributed by atoms with E-state index in [4.69, 9.17) is 4.52 Å². The molecule has 8 heteroatoms. The van der Waals surface area contributed by atoms with E-state index in [2.05, 4.69) is 10.5 Å². The van der Waals surface area contributed by atoms with Crippen LogP contribution in [0, 0.1) is 0 Å². The van der Waals surface area contributed by atoms with E-state index in [-0.39, 0.29) is 18.2 Å². The van der Waals surface area contributed by atoms with Gasteiger partial charge in [0.15, 0.2) is 0 Å². The van der Waals surface area contributed by atoms with E-state index in [9.17, 15) is 14.4 Å². The molecule has 0 aliphatic carbocycles. The highest BCUT2D eigenvalue weighted by atomic mass is 16.5. The van der Waals surface area contributed by atoms with E-state index in [0.717, 1.165) is 4.90 Å². The normalized spacial score (nSPS) is 18.0. The molecule has 114 valence electrons. The van der Waals surface area contributed by atoms with Crippen LogP contribution in [-0.4, -0.2) is 52.4 Å². The van der Waals surface area contributed by atoms with Crippen molar-refractivity contribution in [2.45, 2.75) is 32.4 Å². The van der Waals surface area contributed by atoms with E-state index in [1.807, 2.05) is 6.92 Å². The van der Waals surface area contributed by atoms with E-state index in [1.165, 1.54) is 11.2 Å². The number of imide groups is 1. The van der Waals surface area contributed by atoms with Crippen molar-refractivity contribution in [3.8, 4) is 0 Å². The SMILES string of the molecule is CCCN1C(=O)NC(CC(=O)N(C)Cc2ccon2)C1=O. The lowest BCUT2D eigenvalue weighted by molar-refractivity contribution is -0.135. The Morgan fingerprint density at radius 1 is 1.52 bits per heavy atom. The first-order chi connectivity index (χ1) is 10.0. The van der Waals surface area contributed by atoms with Gasteiger partial charge >= 0.3 is 6.03 Å². The van der Waals surface area contributed by atoms with Crippen LogP contribution in [0.15, 0.2) is 16.9 Å². The second kappa shape index (κ2) is 6.38. The Hall–Kier alpha value is -2.38. The minimum Gasteiger partial charge on any atom is -0.364 e. The quantitative estimate of drug-likeness (QED) is 0.764. The molecule has 1 saturated heterocycles. The van der Waals surface area contributed by atoms with Gasteiger partial charge in [-0.25, -0.2) is 4.79 Å². The third kappa shape index (κ3) is 3.39. The lowest BCUT2D eigenvalue weighted by atomic mass is 10.2. The van der Waals surface area contributed by atoms with Gasteiger partial charge in [0, 0.05) is 19.7 Å². The van der Waals surface area contributed by atoms with Crippen LogP contribution in [0.1, 0.15) is 25.5 Å². The third-order valence-corrected chi connectivity index (χ3v) is 3.25. The maximum atomic E-state index is 12.1. The summed E-state index contributed by atoms with van der Waals surface area (Å²) >= 11 is 0. The predicted octanol–water partition coefficient (Wildman–Crippen LogP) is 0.353. The average molecular weight is 294 g/mol. The number of hydrogen-bond donors (Lipinski definition) is 1. The number of carbonyl (C=O) groups excluding carboxylic acids is 3. The lowest BCUT2D eigenvalue weighted by Crippen LogP contribution is -2.37. The molecule has 1 aliphatic heterocycles. The first-order valence-electron chi connectivity index (χ1n) is 6.78. The van der Waals surface area contributed by atoms with Gasteiger partial charge in [-0.1, -0.05) is 12.1 Å². The van der Waals surface area contributed by atoms with Gasteiger partial charge in [0.2, 0.25) is 5.91 Å². The molecule has 1 aromatic rings. The second-order valence-electron chi connectivity index (χ2n) is 4.94. The molecule has 2 heterocycles. The molecule has 4 amide bonds. The number of carbonyl (C=O) groups is 3. The van der Waals surface area contributed by atoms with E-state index in [0.29, 0.717) is 25.2 Å². The smallest absolute Gasteiger partial charge is 0.324 e. The number of aromatic nitrogens is 1. The van der Waals surface area contributed by atoms with Crippen molar-refractivity contribution in [1.29, 1.82) is 0 Å². The van der Waals surface area contributed by atoms with Crippen molar-refractivity contribution in [2.24, 2.45) is 0 Å². The van der Waals surface area contributed by atoms with Crippen molar-refractivity contribution in [3.05, 3.63) is 18.0 Å². The molecule has 1 N–H and O–H groups in total. The largest absolute Gasteiger partial charge is 0.364 e. The van der Waals surface area contributed by atoms with Gasteiger partial charge in [0.1, 0.15) is 18.0 Å². The zero-order valence-corrected chi connectivity index (χ0v) is 12.0. The minimum atomic E-state index is -0.781. The predicted molar refractivity (Wildman–Crippen MR) is 71.9 cm³/mol. The van der Waals surface area contributed by atoms with Gasteiger partial charge in [0.25, 0.3) is 5.91 Å². The number of hydrogen-bond acceptors (Lipinski definition) is 5. The fraction of sp³-hybridized carbons (Fsp3) is 0.538. The average Bonchev–Trinajstić information content (AvgIpc) is 3.03. The summed E-state index contributed by atoms with van der Waals surface area (Å²) in [6.07, 6.45) is 2.06. The maximum Gasteiger partial charge on any atom is 0.324 e. The summed E-state index contributed by atoms with van der Waals surface area (Å²) in [5.41, 5.74) is 0.625. The van der Waals surface area contributed by atoms with Crippen molar-refractivity contribution in [2.75, 3.05) is 13.6 Å². The molecular formula is C13H18N4O4. The standard InChI is InChI=1S/C13H18N4O4/c1-3-5-17-12(19)10(14-13(17)20)7-11(18)16(2)8-9-4-6-21-15-9/h4,6,10H,3,5,7-8H2,1-2H3,(H,14,20).